The van der Waals surface area contributed by atoms with Crippen LogP contribution in [0.1, 0.15) is 64.6 Å². The van der Waals surface area contributed by atoms with Crippen molar-refractivity contribution in [1.82, 2.24) is 0 Å². The Kier molecular flexibility index (Phi) is 7.51. The van der Waals surface area contributed by atoms with Crippen LogP contribution < -0.4 is 28.7 Å². The summed E-state index contributed by atoms with van der Waals surface area (Å²) in [7, 11) is -1.26. The van der Waals surface area contributed by atoms with Gasteiger partial charge in [-0.1, -0.05) is 0 Å². The van der Waals surface area contributed by atoms with E-state index in [1.54, 1.807) is 46.7 Å². The Morgan fingerprint density at radius 2 is 1.56 bits per heavy atom. The van der Waals surface area contributed by atoms with Gasteiger partial charge in [0.2, 0.25) is 0 Å². The van der Waals surface area contributed by atoms with Crippen LogP contribution in [0.2, 0.25) is 18.1 Å². The number of halogens is 2. The summed E-state index contributed by atoms with van der Waals surface area (Å²) >= 11 is -0.346. The number of hydrogen-bond acceptors (Lipinski definition) is 0. The van der Waals surface area contributed by atoms with Crippen molar-refractivity contribution in [1.29, 1.82) is 0 Å². The van der Waals surface area contributed by atoms with Gasteiger partial charge in [0, 0.05) is 0 Å². The van der Waals surface area contributed by atoms with E-state index in [9.17, 15) is 0 Å². The van der Waals surface area contributed by atoms with Gasteiger partial charge in [-0.15, -0.1) is 0 Å². The SMILES string of the molecule is CC[Si]1(C2c3ccccc3-c3ccc[c]([Ti+2][C]4=C(C)C(C)=C(C)C4(C)C)c32)CCC1.[Cl-].[Cl-]. The predicted octanol–water partition coefficient (Wildman–Crippen LogP) is 1.58. The molecule has 2 aliphatic carbocycles. The molecule has 0 aromatic heterocycles. The molecule has 1 saturated heterocycles. The summed E-state index contributed by atoms with van der Waals surface area (Å²) in [6, 6.07) is 21.2. The molecule has 168 valence electrons. The van der Waals surface area contributed by atoms with Crippen LogP contribution in [0.3, 0.4) is 0 Å². The number of fused-ring (bicyclic) bond motifs is 3. The van der Waals surface area contributed by atoms with Crippen LogP contribution in [-0.2, 0) is 19.2 Å². The first kappa shape index (κ1) is 26.0. The number of allylic oxidation sites excluding steroid dienone is 4. The minimum atomic E-state index is -1.26. The summed E-state index contributed by atoms with van der Waals surface area (Å²) < 4.78 is 3.49. The fourth-order valence-electron chi connectivity index (χ4n) is 6.46. The molecule has 1 heterocycles. The Labute approximate surface area is 217 Å². The smallest absolute Gasteiger partial charge is 1.00 e. The van der Waals surface area contributed by atoms with Crippen LogP contribution in [0, 0.1) is 5.41 Å². The van der Waals surface area contributed by atoms with Gasteiger partial charge in [0.15, 0.2) is 0 Å². The molecule has 1 unspecified atom stereocenters. The molecule has 32 heavy (non-hydrogen) atoms. The van der Waals surface area contributed by atoms with E-state index in [4.69, 9.17) is 0 Å². The van der Waals surface area contributed by atoms with Crippen molar-refractivity contribution >= 4 is 11.9 Å². The Morgan fingerprint density at radius 3 is 2.12 bits per heavy atom. The topological polar surface area (TPSA) is 0 Å². The van der Waals surface area contributed by atoms with Gasteiger partial charge in [0.1, 0.15) is 0 Å². The standard InChI is InChI=1S/C18H19Si.C10H15.2ClH.Ti/c1-2-19(12-7-13-19)18-16-10-5-3-8-14(16)15-9-4-6-11-17(15)18;1-7-6-10(4,5)9(3)8(7)2;;;/h3-6,8-10,18H,2,7,12-13H2,1H3;1-5H3;2*1H;/q;;;;+2/p-2. The van der Waals surface area contributed by atoms with Crippen molar-refractivity contribution in [3.8, 4) is 11.1 Å². The van der Waals surface area contributed by atoms with Crippen LogP contribution in [0.4, 0.5) is 0 Å². The van der Waals surface area contributed by atoms with Crippen molar-refractivity contribution in [2.75, 3.05) is 0 Å². The van der Waals surface area contributed by atoms with E-state index in [1.165, 1.54) is 24.6 Å². The van der Waals surface area contributed by atoms with Crippen LogP contribution in [0.5, 0.6) is 0 Å². The molecular formula is C28H34Cl2SiTi. The largest absolute Gasteiger partial charge is 1.00 e. The zero-order chi connectivity index (χ0) is 21.3. The molecule has 0 amide bonds. The van der Waals surface area contributed by atoms with Gasteiger partial charge in [-0.2, -0.15) is 0 Å². The summed E-state index contributed by atoms with van der Waals surface area (Å²) in [5.41, 5.74) is 12.2. The summed E-state index contributed by atoms with van der Waals surface area (Å²) in [6.45, 7) is 14.5. The maximum atomic E-state index is 2.51. The van der Waals surface area contributed by atoms with Crippen molar-refractivity contribution in [2.45, 2.75) is 71.6 Å². The molecule has 0 radical (unpaired) electrons. The monoisotopic (exact) mass is 516 g/mol. The van der Waals surface area contributed by atoms with E-state index in [-0.39, 0.29) is 49.4 Å². The first-order valence-electron chi connectivity index (χ1n) is 11.7. The third kappa shape index (κ3) is 3.59. The number of hydrogen-bond donors (Lipinski definition) is 0. The summed E-state index contributed by atoms with van der Waals surface area (Å²) in [4.78, 5) is 0. The zero-order valence-corrected chi connectivity index (χ0v) is 24.3. The Bertz CT molecular complexity index is 1100. The van der Waals surface area contributed by atoms with E-state index in [0.717, 1.165) is 5.54 Å². The molecule has 1 fully saturated rings. The first-order chi connectivity index (χ1) is 14.3. The molecule has 0 spiro atoms. The van der Waals surface area contributed by atoms with E-state index < -0.39 is 8.07 Å². The summed E-state index contributed by atoms with van der Waals surface area (Å²) in [5.74, 6) is 0. The van der Waals surface area contributed by atoms with Crippen molar-refractivity contribution in [3.63, 3.8) is 0 Å². The molecule has 2 aromatic carbocycles. The summed E-state index contributed by atoms with van der Waals surface area (Å²) in [5, 5.41) is 0. The molecule has 3 aliphatic rings. The summed E-state index contributed by atoms with van der Waals surface area (Å²) in [6.07, 6.45) is 1.46. The maximum Gasteiger partial charge on any atom is -1.00 e. The molecule has 0 nitrogen and oxygen atoms in total. The third-order valence-electron chi connectivity index (χ3n) is 8.94. The van der Waals surface area contributed by atoms with Gasteiger partial charge < -0.3 is 24.8 Å². The Hall–Kier alpha value is -0.569. The number of rotatable bonds is 4. The molecule has 0 saturated carbocycles. The fourth-order valence-corrected chi connectivity index (χ4v) is 14.2. The van der Waals surface area contributed by atoms with Gasteiger partial charge >= 0.3 is 193 Å². The quantitative estimate of drug-likeness (QED) is 0.541. The Morgan fingerprint density at radius 1 is 0.906 bits per heavy atom. The van der Waals surface area contributed by atoms with Crippen LogP contribution in [-0.4, -0.2) is 8.07 Å². The predicted molar refractivity (Wildman–Crippen MR) is 129 cm³/mol. The first-order valence-corrected chi connectivity index (χ1v) is 16.0. The molecule has 2 aromatic rings. The molecule has 5 rings (SSSR count). The van der Waals surface area contributed by atoms with Crippen LogP contribution in [0.15, 0.2) is 63.1 Å². The van der Waals surface area contributed by atoms with Gasteiger partial charge in [0.25, 0.3) is 0 Å². The zero-order valence-electron chi connectivity index (χ0n) is 20.2. The minimum absolute atomic E-state index is 0. The van der Waals surface area contributed by atoms with Crippen LogP contribution in [0.25, 0.3) is 11.1 Å². The van der Waals surface area contributed by atoms with Gasteiger partial charge in [0.05, 0.1) is 0 Å². The molecule has 1 atom stereocenters. The second-order valence-electron chi connectivity index (χ2n) is 10.4. The Balaban J connectivity index is 0.00000144. The molecule has 4 heteroatoms. The van der Waals surface area contributed by atoms with Crippen molar-refractivity contribution in [2.24, 2.45) is 5.41 Å². The van der Waals surface area contributed by atoms with Crippen molar-refractivity contribution < 1.29 is 44.0 Å². The second kappa shape index (κ2) is 9.23. The van der Waals surface area contributed by atoms with E-state index in [2.05, 4.69) is 84.0 Å². The normalized spacial score (nSPS) is 21.8. The maximum absolute atomic E-state index is 2.51. The van der Waals surface area contributed by atoms with Gasteiger partial charge in [-0.3, -0.25) is 0 Å². The van der Waals surface area contributed by atoms with E-state index >= 15 is 0 Å². The minimum Gasteiger partial charge on any atom is -1.00 e. The molecule has 1 aliphatic heterocycles. The van der Waals surface area contributed by atoms with Gasteiger partial charge in [-0.25, -0.2) is 0 Å². The van der Waals surface area contributed by atoms with Crippen molar-refractivity contribution in [3.05, 3.63) is 74.2 Å². The van der Waals surface area contributed by atoms with E-state index in [1.807, 2.05) is 0 Å². The fraction of sp³-hybridized carbons (Fsp3) is 0.429. The van der Waals surface area contributed by atoms with E-state index in [0.29, 0.717) is 0 Å². The molecule has 0 bridgehead atoms. The molecular weight excluding hydrogens is 483 g/mol. The average Bonchev–Trinajstić information content (AvgIpc) is 3.11. The van der Waals surface area contributed by atoms with Crippen LogP contribution >= 0.6 is 0 Å². The van der Waals surface area contributed by atoms with Gasteiger partial charge in [-0.05, 0) is 0 Å². The third-order valence-corrected chi connectivity index (χ3v) is 17.9. The average molecular weight is 517 g/mol. The number of benzene rings is 2. The second-order valence-corrected chi connectivity index (χ2v) is 17.4. The molecule has 0 N–H and O–H groups in total.